The van der Waals surface area contributed by atoms with Crippen molar-refractivity contribution >= 4 is 34.6 Å². The fourth-order valence-corrected chi connectivity index (χ4v) is 2.43. The monoisotopic (exact) mass is 314 g/mol. The molecule has 0 unspecified atom stereocenters. The van der Waals surface area contributed by atoms with Crippen LogP contribution in [0.3, 0.4) is 0 Å². The van der Waals surface area contributed by atoms with Crippen molar-refractivity contribution in [1.82, 2.24) is 0 Å². The number of hydrogen-bond donors (Lipinski definition) is 2. The van der Waals surface area contributed by atoms with Gasteiger partial charge in [0.05, 0.1) is 0 Å². The molecule has 0 aliphatic heterocycles. The van der Waals surface area contributed by atoms with Crippen molar-refractivity contribution in [3.8, 4) is 0 Å². The molecule has 0 radical (unpaired) electrons. The van der Waals surface area contributed by atoms with Crippen LogP contribution in [0.2, 0.25) is 0 Å². The molecule has 0 fully saturated rings. The van der Waals surface area contributed by atoms with Gasteiger partial charge in [0, 0.05) is 11.4 Å². The molecule has 0 spiro atoms. The number of nitrogens with two attached hydrogens (primary N) is 1. The van der Waals surface area contributed by atoms with Gasteiger partial charge < -0.3 is 15.7 Å². The van der Waals surface area contributed by atoms with E-state index < -0.39 is 11.5 Å². The minimum Gasteiger partial charge on any atom is -0.479 e. The predicted molar refractivity (Wildman–Crippen MR) is 92.6 cm³/mol. The van der Waals surface area contributed by atoms with Crippen LogP contribution in [0, 0.1) is 6.92 Å². The summed E-state index contributed by atoms with van der Waals surface area (Å²) in [5.41, 5.74) is 6.78. The van der Waals surface area contributed by atoms with Crippen LogP contribution in [-0.4, -0.2) is 21.6 Å². The van der Waals surface area contributed by atoms with E-state index in [2.05, 4.69) is 0 Å². The number of benzene rings is 2. The number of aryl methyl sites for hydroxylation is 1. The lowest BCUT2D eigenvalue weighted by atomic mass is 9.97. The minimum atomic E-state index is -1.52. The van der Waals surface area contributed by atoms with Gasteiger partial charge >= 0.3 is 5.97 Å². The molecule has 0 bridgehead atoms. The van der Waals surface area contributed by atoms with Crippen molar-refractivity contribution in [3.05, 3.63) is 60.2 Å². The molecule has 2 aromatic carbocycles. The Morgan fingerprint density at radius 2 is 1.59 bits per heavy atom. The van der Waals surface area contributed by atoms with Gasteiger partial charge in [-0.15, -0.1) is 0 Å². The Bertz CT molecular complexity index is 670. The summed E-state index contributed by atoms with van der Waals surface area (Å²) in [6.07, 6.45) is 0. The lowest BCUT2D eigenvalue weighted by molar-refractivity contribution is -0.139. The van der Waals surface area contributed by atoms with Gasteiger partial charge in [0.15, 0.2) is 5.54 Å². The lowest BCUT2D eigenvalue weighted by Crippen LogP contribution is -2.58. The Labute approximate surface area is 135 Å². The van der Waals surface area contributed by atoms with E-state index >= 15 is 0 Å². The van der Waals surface area contributed by atoms with E-state index in [4.69, 9.17) is 18.0 Å². The van der Waals surface area contributed by atoms with Gasteiger partial charge in [0.2, 0.25) is 0 Å². The summed E-state index contributed by atoms with van der Waals surface area (Å²) in [7, 11) is 0. The van der Waals surface area contributed by atoms with Crippen molar-refractivity contribution in [1.29, 1.82) is 0 Å². The van der Waals surface area contributed by atoms with Crippen LogP contribution < -0.4 is 10.6 Å². The summed E-state index contributed by atoms with van der Waals surface area (Å²) in [5.74, 6) is -1.09. The third-order valence-corrected chi connectivity index (χ3v) is 4.05. The van der Waals surface area contributed by atoms with Gasteiger partial charge in [-0.1, -0.05) is 48.1 Å². The summed E-state index contributed by atoms with van der Waals surface area (Å²) < 4.78 is 0. The topological polar surface area (TPSA) is 66.6 Å². The van der Waals surface area contributed by atoms with Crippen LogP contribution >= 0.6 is 12.2 Å². The molecular weight excluding hydrogens is 296 g/mol. The van der Waals surface area contributed by atoms with E-state index in [0.29, 0.717) is 5.69 Å². The molecule has 0 amide bonds. The number of carbonyl (C=O) groups is 1. The van der Waals surface area contributed by atoms with Gasteiger partial charge in [0.25, 0.3) is 0 Å². The molecule has 0 saturated carbocycles. The Morgan fingerprint density at radius 3 is 2.05 bits per heavy atom. The first-order valence-corrected chi connectivity index (χ1v) is 7.23. The van der Waals surface area contributed by atoms with Crippen molar-refractivity contribution in [3.63, 3.8) is 0 Å². The van der Waals surface area contributed by atoms with Crippen LogP contribution in [0.1, 0.15) is 12.5 Å². The van der Waals surface area contributed by atoms with Gasteiger partial charge in [-0.25, -0.2) is 4.79 Å². The summed E-state index contributed by atoms with van der Waals surface area (Å²) in [5, 5.41) is 9.74. The van der Waals surface area contributed by atoms with Gasteiger partial charge in [-0.2, -0.15) is 0 Å². The highest BCUT2D eigenvalue weighted by Crippen LogP contribution is 2.34. The molecule has 3 N–H and O–H groups in total. The number of carboxylic acid groups (broad SMARTS) is 1. The van der Waals surface area contributed by atoms with Crippen molar-refractivity contribution in [2.75, 3.05) is 4.90 Å². The summed E-state index contributed by atoms with van der Waals surface area (Å²) >= 11 is 5.06. The van der Waals surface area contributed by atoms with E-state index in [9.17, 15) is 9.90 Å². The summed E-state index contributed by atoms with van der Waals surface area (Å²) in [6, 6.07) is 16.8. The zero-order valence-electron chi connectivity index (χ0n) is 12.5. The lowest BCUT2D eigenvalue weighted by Gasteiger charge is -2.39. The Balaban J connectivity index is 2.67. The van der Waals surface area contributed by atoms with Crippen LogP contribution in [0.15, 0.2) is 54.6 Å². The Kier molecular flexibility index (Phi) is 4.47. The maximum atomic E-state index is 11.9. The molecule has 0 aliphatic rings. The molecule has 2 rings (SSSR count). The number of rotatable bonds is 5. The fraction of sp³-hybridized carbons (Fsp3) is 0.176. The van der Waals surface area contributed by atoms with E-state index in [1.54, 1.807) is 4.90 Å². The second-order valence-electron chi connectivity index (χ2n) is 5.25. The molecule has 0 aliphatic carbocycles. The highest BCUT2D eigenvalue weighted by molar-refractivity contribution is 7.80. The van der Waals surface area contributed by atoms with Crippen molar-refractivity contribution in [2.24, 2.45) is 5.73 Å². The van der Waals surface area contributed by atoms with Crippen molar-refractivity contribution in [2.45, 2.75) is 19.4 Å². The molecular formula is C17H18N2O2S. The van der Waals surface area contributed by atoms with Crippen molar-refractivity contribution < 1.29 is 9.90 Å². The van der Waals surface area contributed by atoms with Crippen LogP contribution in [0.4, 0.5) is 11.4 Å². The molecule has 4 nitrogen and oxygen atoms in total. The number of thiocarbonyl (C=S) groups is 1. The number of carboxylic acids is 1. The van der Waals surface area contributed by atoms with E-state index in [0.717, 1.165) is 11.3 Å². The molecule has 2 aromatic rings. The first-order chi connectivity index (χ1) is 10.4. The first-order valence-electron chi connectivity index (χ1n) is 6.82. The summed E-state index contributed by atoms with van der Waals surface area (Å²) in [6.45, 7) is 3.49. The van der Waals surface area contributed by atoms with E-state index in [1.807, 2.05) is 61.5 Å². The number of hydrogen-bond acceptors (Lipinski definition) is 3. The maximum absolute atomic E-state index is 11.9. The molecule has 22 heavy (non-hydrogen) atoms. The average Bonchev–Trinajstić information content (AvgIpc) is 2.50. The Hall–Kier alpha value is -2.40. The second kappa shape index (κ2) is 6.15. The third-order valence-electron chi connectivity index (χ3n) is 3.65. The zero-order chi connectivity index (χ0) is 16.3. The van der Waals surface area contributed by atoms with Gasteiger partial charge in [-0.05, 0) is 38.1 Å². The average molecular weight is 314 g/mol. The highest BCUT2D eigenvalue weighted by Gasteiger charge is 2.44. The van der Waals surface area contributed by atoms with Crippen LogP contribution in [0.25, 0.3) is 0 Å². The molecule has 5 heteroatoms. The summed E-state index contributed by atoms with van der Waals surface area (Å²) in [4.78, 5) is 13.5. The number of anilines is 2. The molecule has 0 saturated heterocycles. The molecule has 0 aromatic heterocycles. The fourth-order valence-electron chi connectivity index (χ4n) is 2.25. The SMILES string of the molecule is Cc1ccc(N(c2ccccc2)[C@@](C)(C(=O)O)C(N)=S)cc1. The molecule has 114 valence electrons. The standard InChI is InChI=1S/C17H18N2O2S/c1-12-8-10-14(11-9-12)19(13-6-4-3-5-7-13)17(2,15(18)22)16(20)21/h3-11H,1-2H3,(H2,18,22)(H,20,21)/t17-/m1/s1. The predicted octanol–water partition coefficient (Wildman–Crippen LogP) is 3.26. The number of para-hydroxylation sites is 1. The van der Waals surface area contributed by atoms with Gasteiger partial charge in [0.1, 0.15) is 4.99 Å². The minimum absolute atomic E-state index is 0.0931. The number of nitrogens with zero attached hydrogens (tertiary/aromatic N) is 1. The first kappa shape index (κ1) is 16.0. The normalized spacial score (nSPS) is 13.2. The molecule has 1 atom stereocenters. The maximum Gasteiger partial charge on any atom is 0.336 e. The van der Waals surface area contributed by atoms with E-state index in [-0.39, 0.29) is 4.99 Å². The Morgan fingerprint density at radius 1 is 1.09 bits per heavy atom. The highest BCUT2D eigenvalue weighted by atomic mass is 32.1. The quantitative estimate of drug-likeness (QED) is 0.829. The zero-order valence-corrected chi connectivity index (χ0v) is 13.3. The van der Waals surface area contributed by atoms with Gasteiger partial charge in [-0.3, -0.25) is 0 Å². The van der Waals surface area contributed by atoms with Crippen LogP contribution in [0.5, 0.6) is 0 Å². The smallest absolute Gasteiger partial charge is 0.336 e. The van der Waals surface area contributed by atoms with Crippen LogP contribution in [-0.2, 0) is 4.79 Å². The number of aliphatic carboxylic acids is 1. The largest absolute Gasteiger partial charge is 0.479 e. The second-order valence-corrected chi connectivity index (χ2v) is 5.69. The van der Waals surface area contributed by atoms with E-state index in [1.165, 1.54) is 6.92 Å². The third kappa shape index (κ3) is 2.80. The molecule has 0 heterocycles.